The molecular weight excluding hydrogens is 314 g/mol. The Morgan fingerprint density at radius 2 is 2.35 bits per heavy atom. The summed E-state index contributed by atoms with van der Waals surface area (Å²) < 4.78 is 5.91. The number of fused-ring (bicyclic) bond motifs is 1. The van der Waals surface area contributed by atoms with Crippen LogP contribution in [0.25, 0.3) is 0 Å². The van der Waals surface area contributed by atoms with Crippen molar-refractivity contribution in [2.45, 2.75) is 31.6 Å². The minimum Gasteiger partial charge on any atom is -0.485 e. The molecule has 0 bridgehead atoms. The average molecular weight is 331 g/mol. The SMILES string of the molecule is CC1(C)Oc2ccc(C=O)cc2C(N2CCSC2=NC#N)C1O. The maximum absolute atomic E-state index is 11.1. The van der Waals surface area contributed by atoms with Gasteiger partial charge >= 0.3 is 0 Å². The van der Waals surface area contributed by atoms with Crippen molar-refractivity contribution in [2.24, 2.45) is 4.99 Å². The van der Waals surface area contributed by atoms with Crippen LogP contribution in [0.2, 0.25) is 0 Å². The van der Waals surface area contributed by atoms with E-state index < -0.39 is 17.7 Å². The highest BCUT2D eigenvalue weighted by Gasteiger charge is 2.47. The van der Waals surface area contributed by atoms with Gasteiger partial charge in [0.05, 0.1) is 6.04 Å². The Morgan fingerprint density at radius 3 is 3.04 bits per heavy atom. The number of nitriles is 1. The molecule has 1 fully saturated rings. The van der Waals surface area contributed by atoms with Gasteiger partial charge in [0, 0.05) is 23.4 Å². The first kappa shape index (κ1) is 15.8. The number of benzene rings is 1. The van der Waals surface area contributed by atoms with Gasteiger partial charge in [0.2, 0.25) is 6.19 Å². The maximum Gasteiger partial charge on any atom is 0.208 e. The van der Waals surface area contributed by atoms with E-state index in [0.29, 0.717) is 23.0 Å². The summed E-state index contributed by atoms with van der Waals surface area (Å²) in [6, 6.07) is 4.78. The molecule has 2 aliphatic rings. The van der Waals surface area contributed by atoms with E-state index in [0.717, 1.165) is 17.6 Å². The van der Waals surface area contributed by atoms with Crippen molar-refractivity contribution < 1.29 is 14.6 Å². The predicted octanol–water partition coefficient (Wildman–Crippen LogP) is 1.96. The van der Waals surface area contributed by atoms with E-state index in [2.05, 4.69) is 4.99 Å². The molecule has 7 heteroatoms. The van der Waals surface area contributed by atoms with Gasteiger partial charge in [0.1, 0.15) is 23.7 Å². The minimum atomic E-state index is -0.820. The number of aliphatic imine (C=N–C) groups is 1. The van der Waals surface area contributed by atoms with Crippen molar-refractivity contribution in [1.82, 2.24) is 4.90 Å². The van der Waals surface area contributed by atoms with Crippen molar-refractivity contribution in [3.63, 3.8) is 0 Å². The quantitative estimate of drug-likeness (QED) is 0.658. The first-order valence-electron chi connectivity index (χ1n) is 7.30. The number of aldehydes is 1. The standard InChI is InChI=1S/C16H17N3O3S/c1-16(2)14(21)13(19-5-6-23-15(19)18-9-17)11-7-10(8-20)3-4-12(11)22-16/h3-4,7-8,13-14,21H,5-6H2,1-2H3. The van der Waals surface area contributed by atoms with Crippen molar-refractivity contribution in [1.29, 1.82) is 5.26 Å². The van der Waals surface area contributed by atoms with E-state index in [-0.39, 0.29) is 0 Å². The van der Waals surface area contributed by atoms with Crippen LogP contribution in [0.1, 0.15) is 35.8 Å². The summed E-state index contributed by atoms with van der Waals surface area (Å²) in [6.45, 7) is 4.32. The number of aliphatic hydroxyl groups excluding tert-OH is 1. The number of carbonyl (C=O) groups is 1. The topological polar surface area (TPSA) is 85.9 Å². The van der Waals surface area contributed by atoms with Crippen molar-refractivity contribution in [2.75, 3.05) is 12.3 Å². The third-order valence-electron chi connectivity index (χ3n) is 4.16. The number of carbonyl (C=O) groups excluding carboxylic acids is 1. The lowest BCUT2D eigenvalue weighted by atomic mass is 9.85. The zero-order valence-electron chi connectivity index (χ0n) is 12.9. The number of rotatable bonds is 2. The zero-order valence-corrected chi connectivity index (χ0v) is 13.7. The Morgan fingerprint density at radius 1 is 1.57 bits per heavy atom. The van der Waals surface area contributed by atoms with Gasteiger partial charge in [-0.25, -0.2) is 0 Å². The monoisotopic (exact) mass is 331 g/mol. The molecular formula is C16H17N3O3S. The average Bonchev–Trinajstić information content (AvgIpc) is 2.96. The Labute approximate surface area is 138 Å². The Kier molecular flexibility index (Phi) is 4.04. The van der Waals surface area contributed by atoms with E-state index in [1.807, 2.05) is 24.9 Å². The normalized spacial score (nSPS) is 27.2. The van der Waals surface area contributed by atoms with Crippen LogP contribution in [-0.4, -0.2) is 45.5 Å². The summed E-state index contributed by atoms with van der Waals surface area (Å²) in [5.41, 5.74) is 0.482. The summed E-state index contributed by atoms with van der Waals surface area (Å²) in [5.74, 6) is 1.44. The van der Waals surface area contributed by atoms with E-state index in [9.17, 15) is 9.90 Å². The van der Waals surface area contributed by atoms with Gasteiger partial charge in [0.15, 0.2) is 5.17 Å². The molecule has 0 radical (unpaired) electrons. The molecule has 0 aromatic heterocycles. The molecule has 1 aromatic carbocycles. The molecule has 1 N–H and O–H groups in total. The molecule has 120 valence electrons. The highest BCUT2D eigenvalue weighted by Crippen LogP contribution is 2.45. The minimum absolute atomic E-state index is 0.407. The molecule has 6 nitrogen and oxygen atoms in total. The number of nitrogens with zero attached hydrogens (tertiary/aromatic N) is 3. The van der Waals surface area contributed by atoms with Gasteiger partial charge in [0.25, 0.3) is 0 Å². The van der Waals surface area contributed by atoms with Crippen molar-refractivity contribution >= 4 is 23.2 Å². The third-order valence-corrected chi connectivity index (χ3v) is 5.13. The fourth-order valence-electron chi connectivity index (χ4n) is 3.01. The molecule has 3 rings (SSSR count). The molecule has 23 heavy (non-hydrogen) atoms. The highest BCUT2D eigenvalue weighted by atomic mass is 32.2. The predicted molar refractivity (Wildman–Crippen MR) is 87.5 cm³/mol. The summed E-state index contributed by atoms with van der Waals surface area (Å²) >= 11 is 1.49. The summed E-state index contributed by atoms with van der Waals surface area (Å²) in [5, 5.41) is 20.3. The lowest BCUT2D eigenvalue weighted by molar-refractivity contribution is -0.0800. The molecule has 0 amide bonds. The second-order valence-corrected chi connectivity index (χ2v) is 7.11. The van der Waals surface area contributed by atoms with Crippen LogP contribution in [-0.2, 0) is 0 Å². The third kappa shape index (κ3) is 2.69. The Hall–Kier alpha value is -2.04. The van der Waals surface area contributed by atoms with Crippen LogP contribution in [0.5, 0.6) is 5.75 Å². The van der Waals surface area contributed by atoms with Crippen LogP contribution in [0.3, 0.4) is 0 Å². The molecule has 1 saturated heterocycles. The first-order valence-corrected chi connectivity index (χ1v) is 8.29. The summed E-state index contributed by atoms with van der Waals surface area (Å²) in [6.07, 6.45) is 1.77. The first-order chi connectivity index (χ1) is 11.0. The van der Waals surface area contributed by atoms with Crippen LogP contribution >= 0.6 is 11.8 Å². The number of ether oxygens (including phenoxy) is 1. The number of amidine groups is 1. The van der Waals surface area contributed by atoms with Gasteiger partial charge in [-0.2, -0.15) is 5.26 Å². The van der Waals surface area contributed by atoms with Crippen LogP contribution in [0, 0.1) is 11.5 Å². The maximum atomic E-state index is 11.1. The van der Waals surface area contributed by atoms with Crippen molar-refractivity contribution in [3.8, 4) is 11.9 Å². The largest absolute Gasteiger partial charge is 0.485 e. The lowest BCUT2D eigenvalue weighted by Gasteiger charge is -2.45. The molecule has 2 aliphatic heterocycles. The summed E-state index contributed by atoms with van der Waals surface area (Å²) in [4.78, 5) is 16.9. The van der Waals surface area contributed by atoms with E-state index in [1.54, 1.807) is 18.2 Å². The van der Waals surface area contributed by atoms with Gasteiger partial charge in [-0.15, -0.1) is 4.99 Å². The number of thioether (sulfide) groups is 1. The van der Waals surface area contributed by atoms with E-state index in [1.165, 1.54) is 11.8 Å². The van der Waals surface area contributed by atoms with E-state index >= 15 is 0 Å². The molecule has 2 atom stereocenters. The van der Waals surface area contributed by atoms with Gasteiger partial charge < -0.3 is 14.7 Å². The van der Waals surface area contributed by atoms with Crippen LogP contribution in [0.15, 0.2) is 23.2 Å². The molecule has 0 saturated carbocycles. The van der Waals surface area contributed by atoms with Crippen LogP contribution in [0.4, 0.5) is 0 Å². The van der Waals surface area contributed by atoms with E-state index in [4.69, 9.17) is 10.00 Å². The lowest BCUT2D eigenvalue weighted by Crippen LogP contribution is -2.53. The second kappa shape index (κ2) is 5.87. The zero-order chi connectivity index (χ0) is 16.6. The van der Waals surface area contributed by atoms with Crippen LogP contribution < -0.4 is 4.74 Å². The smallest absolute Gasteiger partial charge is 0.208 e. The molecule has 2 heterocycles. The number of aliphatic hydroxyl groups is 1. The fraction of sp³-hybridized carbons (Fsp3) is 0.438. The molecule has 0 aliphatic carbocycles. The fourth-order valence-corrected chi connectivity index (χ4v) is 3.95. The molecule has 0 spiro atoms. The molecule has 2 unspecified atom stereocenters. The van der Waals surface area contributed by atoms with Crippen molar-refractivity contribution in [3.05, 3.63) is 29.3 Å². The summed E-state index contributed by atoms with van der Waals surface area (Å²) in [7, 11) is 0. The second-order valence-electron chi connectivity index (χ2n) is 6.05. The van der Waals surface area contributed by atoms with Gasteiger partial charge in [-0.1, -0.05) is 11.8 Å². The Balaban J connectivity index is 2.12. The highest BCUT2D eigenvalue weighted by molar-refractivity contribution is 8.14. The number of hydrogen-bond acceptors (Lipinski definition) is 6. The van der Waals surface area contributed by atoms with Gasteiger partial charge in [-0.05, 0) is 32.0 Å². The van der Waals surface area contributed by atoms with Gasteiger partial charge in [-0.3, -0.25) is 4.79 Å². The Bertz CT molecular complexity index is 711. The molecule has 1 aromatic rings. The number of hydrogen-bond donors (Lipinski definition) is 1.